The number of alkyl halides is 1. The number of hydrogen-bond donors (Lipinski definition) is 1. The molecule has 0 amide bonds. The van der Waals surface area contributed by atoms with Gasteiger partial charge < -0.3 is 10.5 Å². The van der Waals surface area contributed by atoms with Gasteiger partial charge in [0.05, 0.1) is 0 Å². The van der Waals surface area contributed by atoms with Crippen LogP contribution in [-0.2, 0) is 0 Å². The van der Waals surface area contributed by atoms with Crippen LogP contribution in [0, 0.1) is 0 Å². The molecule has 0 saturated carbocycles. The Bertz CT molecular complexity index is 473. The van der Waals surface area contributed by atoms with Crippen LogP contribution in [0.1, 0.15) is 11.7 Å². The summed E-state index contributed by atoms with van der Waals surface area (Å²) < 4.78 is 19.0. The molecule has 2 aromatic carbocycles. The standard InChI is InChI=1S/C14H14FNO/c15-14(10-16)11-5-4-8-13(9-11)17-12-6-2-1-3-7-12/h1-9,14H,10,16H2. The molecular weight excluding hydrogens is 217 g/mol. The number of benzene rings is 2. The molecule has 0 aliphatic rings. The molecule has 1 atom stereocenters. The van der Waals surface area contributed by atoms with E-state index in [1.807, 2.05) is 30.3 Å². The number of ether oxygens (including phenoxy) is 1. The van der Waals surface area contributed by atoms with Crippen LogP contribution in [0.15, 0.2) is 54.6 Å². The minimum atomic E-state index is -1.14. The van der Waals surface area contributed by atoms with Gasteiger partial charge in [0.2, 0.25) is 0 Å². The maximum Gasteiger partial charge on any atom is 0.137 e. The summed E-state index contributed by atoms with van der Waals surface area (Å²) in [5.74, 6) is 1.35. The molecular formula is C14H14FNO. The zero-order chi connectivity index (χ0) is 12.1. The predicted octanol–water partition coefficient (Wildman–Crippen LogP) is 3.45. The molecule has 88 valence electrons. The average molecular weight is 231 g/mol. The molecule has 1 unspecified atom stereocenters. The topological polar surface area (TPSA) is 35.2 Å². The first-order chi connectivity index (χ1) is 8.29. The van der Waals surface area contributed by atoms with E-state index in [1.54, 1.807) is 24.3 Å². The lowest BCUT2D eigenvalue weighted by atomic mass is 10.1. The zero-order valence-corrected chi connectivity index (χ0v) is 9.34. The highest BCUT2D eigenvalue weighted by molar-refractivity contribution is 5.34. The fraction of sp³-hybridized carbons (Fsp3) is 0.143. The van der Waals surface area contributed by atoms with Crippen molar-refractivity contribution in [3.05, 3.63) is 60.2 Å². The maximum atomic E-state index is 13.4. The third kappa shape index (κ3) is 3.04. The molecule has 3 heteroatoms. The first-order valence-corrected chi connectivity index (χ1v) is 5.46. The Morgan fingerprint density at radius 2 is 1.71 bits per heavy atom. The molecule has 0 heterocycles. The number of rotatable bonds is 4. The van der Waals surface area contributed by atoms with Crippen molar-refractivity contribution >= 4 is 0 Å². The SMILES string of the molecule is NCC(F)c1cccc(Oc2ccccc2)c1. The minimum absolute atomic E-state index is 0.0191. The molecule has 0 saturated heterocycles. The van der Waals surface area contributed by atoms with Gasteiger partial charge in [-0.15, -0.1) is 0 Å². The molecule has 0 bridgehead atoms. The number of para-hydroxylation sites is 1. The Hall–Kier alpha value is -1.87. The van der Waals surface area contributed by atoms with E-state index in [0.717, 1.165) is 5.75 Å². The lowest BCUT2D eigenvalue weighted by Crippen LogP contribution is -2.07. The van der Waals surface area contributed by atoms with E-state index in [2.05, 4.69) is 0 Å². The van der Waals surface area contributed by atoms with Crippen LogP contribution in [0.3, 0.4) is 0 Å². The summed E-state index contributed by atoms with van der Waals surface area (Å²) in [5, 5.41) is 0. The Morgan fingerprint density at radius 1 is 1.00 bits per heavy atom. The van der Waals surface area contributed by atoms with Gasteiger partial charge in [0.25, 0.3) is 0 Å². The quantitative estimate of drug-likeness (QED) is 0.874. The summed E-state index contributed by atoms with van der Waals surface area (Å²) in [7, 11) is 0. The van der Waals surface area contributed by atoms with Gasteiger partial charge >= 0.3 is 0 Å². The van der Waals surface area contributed by atoms with Gasteiger partial charge in [-0.3, -0.25) is 0 Å². The van der Waals surface area contributed by atoms with E-state index in [0.29, 0.717) is 11.3 Å². The molecule has 2 nitrogen and oxygen atoms in total. The van der Waals surface area contributed by atoms with Gasteiger partial charge in [-0.25, -0.2) is 4.39 Å². The van der Waals surface area contributed by atoms with Crippen molar-refractivity contribution in [2.45, 2.75) is 6.17 Å². The lowest BCUT2D eigenvalue weighted by molar-refractivity contribution is 0.351. The molecule has 2 aromatic rings. The van der Waals surface area contributed by atoms with Crippen molar-refractivity contribution < 1.29 is 9.13 Å². The van der Waals surface area contributed by atoms with Crippen LogP contribution in [0.2, 0.25) is 0 Å². The Labute approximate surface area is 99.8 Å². The van der Waals surface area contributed by atoms with E-state index < -0.39 is 6.17 Å². The van der Waals surface area contributed by atoms with E-state index in [1.165, 1.54) is 0 Å². The monoisotopic (exact) mass is 231 g/mol. The van der Waals surface area contributed by atoms with Crippen molar-refractivity contribution in [2.75, 3.05) is 6.54 Å². The third-order valence-electron chi connectivity index (χ3n) is 2.41. The van der Waals surface area contributed by atoms with Crippen LogP contribution in [-0.4, -0.2) is 6.54 Å². The van der Waals surface area contributed by atoms with Gasteiger partial charge in [0.1, 0.15) is 17.7 Å². The molecule has 0 spiro atoms. The molecule has 0 aromatic heterocycles. The highest BCUT2D eigenvalue weighted by Gasteiger charge is 2.08. The predicted molar refractivity (Wildman–Crippen MR) is 65.9 cm³/mol. The van der Waals surface area contributed by atoms with E-state index >= 15 is 0 Å². The van der Waals surface area contributed by atoms with Crippen molar-refractivity contribution in [3.63, 3.8) is 0 Å². The number of nitrogens with two attached hydrogens (primary N) is 1. The molecule has 17 heavy (non-hydrogen) atoms. The van der Waals surface area contributed by atoms with Crippen LogP contribution < -0.4 is 10.5 Å². The smallest absolute Gasteiger partial charge is 0.137 e. The summed E-state index contributed by atoms with van der Waals surface area (Å²) in [4.78, 5) is 0. The fourth-order valence-electron chi connectivity index (χ4n) is 1.53. The lowest BCUT2D eigenvalue weighted by Gasteiger charge is -2.09. The van der Waals surface area contributed by atoms with Crippen LogP contribution >= 0.6 is 0 Å². The molecule has 0 fully saturated rings. The second-order valence-corrected chi connectivity index (χ2v) is 3.69. The summed E-state index contributed by atoms with van der Waals surface area (Å²) in [6.07, 6.45) is -1.14. The van der Waals surface area contributed by atoms with Gasteiger partial charge in [-0.1, -0.05) is 30.3 Å². The zero-order valence-electron chi connectivity index (χ0n) is 9.34. The molecule has 2 N–H and O–H groups in total. The van der Waals surface area contributed by atoms with Crippen molar-refractivity contribution in [1.82, 2.24) is 0 Å². The highest BCUT2D eigenvalue weighted by Crippen LogP contribution is 2.25. The molecule has 0 aliphatic carbocycles. The Balaban J connectivity index is 2.17. The molecule has 0 radical (unpaired) electrons. The summed E-state index contributed by atoms with van der Waals surface area (Å²) >= 11 is 0. The van der Waals surface area contributed by atoms with Gasteiger partial charge in [-0.05, 0) is 29.8 Å². The Morgan fingerprint density at radius 3 is 2.41 bits per heavy atom. The third-order valence-corrected chi connectivity index (χ3v) is 2.41. The first kappa shape index (κ1) is 11.6. The van der Waals surface area contributed by atoms with Crippen molar-refractivity contribution in [3.8, 4) is 11.5 Å². The average Bonchev–Trinajstić information content (AvgIpc) is 2.39. The Kier molecular flexibility index (Phi) is 3.73. The summed E-state index contributed by atoms with van der Waals surface area (Å²) in [5.41, 5.74) is 5.83. The fourth-order valence-corrected chi connectivity index (χ4v) is 1.53. The van der Waals surface area contributed by atoms with Gasteiger partial charge in [0.15, 0.2) is 0 Å². The van der Waals surface area contributed by atoms with Crippen LogP contribution in [0.5, 0.6) is 11.5 Å². The number of halogens is 1. The first-order valence-electron chi connectivity index (χ1n) is 5.46. The summed E-state index contributed by atoms with van der Waals surface area (Å²) in [6, 6.07) is 16.3. The largest absolute Gasteiger partial charge is 0.457 e. The van der Waals surface area contributed by atoms with Gasteiger partial charge in [-0.2, -0.15) is 0 Å². The van der Waals surface area contributed by atoms with Crippen molar-refractivity contribution in [1.29, 1.82) is 0 Å². The van der Waals surface area contributed by atoms with E-state index in [-0.39, 0.29) is 6.54 Å². The molecule has 2 rings (SSSR count). The second-order valence-electron chi connectivity index (χ2n) is 3.69. The van der Waals surface area contributed by atoms with E-state index in [9.17, 15) is 4.39 Å². The van der Waals surface area contributed by atoms with E-state index in [4.69, 9.17) is 10.5 Å². The summed E-state index contributed by atoms with van der Waals surface area (Å²) in [6.45, 7) is -0.0191. The minimum Gasteiger partial charge on any atom is -0.457 e. The number of hydrogen-bond acceptors (Lipinski definition) is 2. The normalized spacial score (nSPS) is 12.1. The highest BCUT2D eigenvalue weighted by atomic mass is 19.1. The van der Waals surface area contributed by atoms with Gasteiger partial charge in [0, 0.05) is 6.54 Å². The van der Waals surface area contributed by atoms with Crippen LogP contribution in [0.4, 0.5) is 4.39 Å². The van der Waals surface area contributed by atoms with Crippen molar-refractivity contribution in [2.24, 2.45) is 5.73 Å². The van der Waals surface area contributed by atoms with Crippen LogP contribution in [0.25, 0.3) is 0 Å². The molecule has 0 aliphatic heterocycles. The second kappa shape index (κ2) is 5.46. The maximum absolute atomic E-state index is 13.4.